The predicted octanol–water partition coefficient (Wildman–Crippen LogP) is 1.84. The molecule has 0 aliphatic heterocycles. The quantitative estimate of drug-likeness (QED) is 0.690. The summed E-state index contributed by atoms with van der Waals surface area (Å²) >= 11 is 0. The lowest BCUT2D eigenvalue weighted by Crippen LogP contribution is -2.17. The predicted molar refractivity (Wildman–Crippen MR) is 73.2 cm³/mol. The van der Waals surface area contributed by atoms with Gasteiger partial charge < -0.3 is 15.3 Å². The lowest BCUT2D eigenvalue weighted by molar-refractivity contribution is -0.136. The van der Waals surface area contributed by atoms with E-state index in [1.165, 1.54) is 0 Å². The summed E-state index contributed by atoms with van der Waals surface area (Å²) in [7, 11) is 0. The molecule has 3 N–H and O–H groups in total. The van der Waals surface area contributed by atoms with Crippen LogP contribution in [-0.2, 0) is 22.6 Å². The molecule has 0 fully saturated rings. The summed E-state index contributed by atoms with van der Waals surface area (Å²) in [5, 5.41) is 27.4. The number of carboxylic acids is 2. The van der Waals surface area contributed by atoms with Crippen molar-refractivity contribution >= 4 is 11.9 Å². The van der Waals surface area contributed by atoms with Gasteiger partial charge in [0.1, 0.15) is 0 Å². The smallest absolute Gasteiger partial charge is 0.332 e. The molecule has 0 unspecified atom stereocenters. The van der Waals surface area contributed by atoms with Crippen molar-refractivity contribution < 1.29 is 24.9 Å². The number of aliphatic hydroxyl groups excluding tert-OH is 1. The van der Waals surface area contributed by atoms with Crippen molar-refractivity contribution in [3.63, 3.8) is 0 Å². The van der Waals surface area contributed by atoms with Crippen LogP contribution >= 0.6 is 0 Å². The van der Waals surface area contributed by atoms with Gasteiger partial charge >= 0.3 is 11.9 Å². The fourth-order valence-electron chi connectivity index (χ4n) is 1.98. The van der Waals surface area contributed by atoms with E-state index < -0.39 is 11.9 Å². The Hall–Kier alpha value is -2.14. The molecule has 0 heterocycles. The SMILES string of the molecule is CC(C)/C(C(=O)O)=C(\Cc1ccc(CO)cc1)C(=O)O. The van der Waals surface area contributed by atoms with Crippen molar-refractivity contribution in [2.45, 2.75) is 26.9 Å². The van der Waals surface area contributed by atoms with Crippen LogP contribution in [0.2, 0.25) is 0 Å². The molecule has 0 radical (unpaired) electrons. The number of benzene rings is 1. The second-order valence-corrected chi connectivity index (χ2v) is 4.81. The second kappa shape index (κ2) is 6.86. The van der Waals surface area contributed by atoms with Crippen molar-refractivity contribution in [2.75, 3.05) is 0 Å². The van der Waals surface area contributed by atoms with Gasteiger partial charge in [-0.05, 0) is 17.0 Å². The summed E-state index contributed by atoms with van der Waals surface area (Å²) in [4.78, 5) is 22.5. The molecular weight excluding hydrogens is 260 g/mol. The minimum Gasteiger partial charge on any atom is -0.478 e. The average Bonchev–Trinajstić information content (AvgIpc) is 2.37. The molecule has 0 aromatic heterocycles. The summed E-state index contributed by atoms with van der Waals surface area (Å²) in [5.74, 6) is -2.80. The molecule has 5 nitrogen and oxygen atoms in total. The number of carbonyl (C=O) groups is 2. The van der Waals surface area contributed by atoms with E-state index in [9.17, 15) is 14.7 Å². The van der Waals surface area contributed by atoms with Crippen molar-refractivity contribution in [2.24, 2.45) is 5.92 Å². The number of rotatable bonds is 6. The third-order valence-corrected chi connectivity index (χ3v) is 2.98. The van der Waals surface area contributed by atoms with E-state index in [4.69, 9.17) is 10.2 Å². The van der Waals surface area contributed by atoms with E-state index in [0.717, 1.165) is 5.56 Å². The average molecular weight is 278 g/mol. The third-order valence-electron chi connectivity index (χ3n) is 2.98. The van der Waals surface area contributed by atoms with Crippen LogP contribution in [0.15, 0.2) is 35.4 Å². The maximum absolute atomic E-state index is 11.3. The summed E-state index contributed by atoms with van der Waals surface area (Å²) in [6.45, 7) is 3.22. The lowest BCUT2D eigenvalue weighted by Gasteiger charge is -2.12. The summed E-state index contributed by atoms with van der Waals surface area (Å²) in [6, 6.07) is 6.75. The monoisotopic (exact) mass is 278 g/mol. The van der Waals surface area contributed by atoms with Crippen LogP contribution in [0.25, 0.3) is 0 Å². The molecule has 0 aliphatic rings. The zero-order valence-corrected chi connectivity index (χ0v) is 11.5. The molecule has 5 heteroatoms. The summed E-state index contributed by atoms with van der Waals surface area (Å²) in [5.41, 5.74) is 1.23. The Morgan fingerprint density at radius 3 is 1.85 bits per heavy atom. The van der Waals surface area contributed by atoms with E-state index in [1.807, 2.05) is 0 Å². The van der Waals surface area contributed by atoms with Gasteiger partial charge in [-0.3, -0.25) is 0 Å². The molecule has 0 saturated heterocycles. The lowest BCUT2D eigenvalue weighted by atomic mass is 9.92. The van der Waals surface area contributed by atoms with Gasteiger partial charge in [-0.1, -0.05) is 38.1 Å². The first kappa shape index (κ1) is 15.9. The van der Waals surface area contributed by atoms with Gasteiger partial charge in [0.15, 0.2) is 0 Å². The van der Waals surface area contributed by atoms with Gasteiger partial charge in [0.2, 0.25) is 0 Å². The molecule has 1 aromatic rings. The molecule has 1 rings (SSSR count). The normalized spacial score (nSPS) is 12.2. The highest BCUT2D eigenvalue weighted by Gasteiger charge is 2.22. The van der Waals surface area contributed by atoms with Crippen LogP contribution in [-0.4, -0.2) is 27.3 Å². The number of carboxylic acid groups (broad SMARTS) is 2. The second-order valence-electron chi connectivity index (χ2n) is 4.81. The number of hydrogen-bond acceptors (Lipinski definition) is 3. The molecular formula is C15H18O5. The Morgan fingerprint density at radius 2 is 1.50 bits per heavy atom. The summed E-state index contributed by atoms with van der Waals surface area (Å²) < 4.78 is 0. The molecule has 0 saturated carbocycles. The standard InChI is InChI=1S/C15H18O5/c1-9(2)13(15(19)20)12(14(17)18)7-10-3-5-11(8-16)6-4-10/h3-6,9,16H,7-8H2,1-2H3,(H,17,18)(H,19,20)/b13-12-. The fraction of sp³-hybridized carbons (Fsp3) is 0.333. The van der Waals surface area contributed by atoms with Gasteiger partial charge in [0, 0.05) is 6.42 Å². The molecule has 108 valence electrons. The molecule has 0 amide bonds. The first-order valence-electron chi connectivity index (χ1n) is 6.25. The van der Waals surface area contributed by atoms with Crippen molar-refractivity contribution in [1.29, 1.82) is 0 Å². The van der Waals surface area contributed by atoms with Crippen molar-refractivity contribution in [3.8, 4) is 0 Å². The number of hydrogen-bond donors (Lipinski definition) is 3. The zero-order chi connectivity index (χ0) is 15.3. The Balaban J connectivity index is 3.17. The van der Waals surface area contributed by atoms with E-state index in [2.05, 4.69) is 0 Å². The van der Waals surface area contributed by atoms with Crippen molar-refractivity contribution in [3.05, 3.63) is 46.5 Å². The van der Waals surface area contributed by atoms with E-state index in [0.29, 0.717) is 5.56 Å². The molecule has 0 bridgehead atoms. The van der Waals surface area contributed by atoms with Gasteiger partial charge in [-0.15, -0.1) is 0 Å². The Kier molecular flexibility index (Phi) is 5.46. The summed E-state index contributed by atoms with van der Waals surface area (Å²) in [6.07, 6.45) is 0.0425. The third kappa shape index (κ3) is 3.93. The van der Waals surface area contributed by atoms with Gasteiger partial charge in [0.05, 0.1) is 17.8 Å². The van der Waals surface area contributed by atoms with Crippen molar-refractivity contribution in [1.82, 2.24) is 0 Å². The highest BCUT2D eigenvalue weighted by molar-refractivity contribution is 5.99. The number of aliphatic hydroxyl groups is 1. The minimum absolute atomic E-state index is 0.0425. The van der Waals surface area contributed by atoms with Crippen LogP contribution in [0, 0.1) is 5.92 Å². The largest absolute Gasteiger partial charge is 0.478 e. The fourth-order valence-corrected chi connectivity index (χ4v) is 1.98. The molecule has 0 spiro atoms. The maximum atomic E-state index is 11.3. The molecule has 1 aromatic carbocycles. The van der Waals surface area contributed by atoms with Crippen LogP contribution in [0.4, 0.5) is 0 Å². The first-order chi connectivity index (χ1) is 9.36. The van der Waals surface area contributed by atoms with Crippen LogP contribution < -0.4 is 0 Å². The van der Waals surface area contributed by atoms with Gasteiger partial charge in [-0.2, -0.15) is 0 Å². The molecule has 0 aliphatic carbocycles. The Labute approximate surface area is 117 Å². The minimum atomic E-state index is -1.22. The van der Waals surface area contributed by atoms with Gasteiger partial charge in [0.25, 0.3) is 0 Å². The highest BCUT2D eigenvalue weighted by Crippen LogP contribution is 2.20. The van der Waals surface area contributed by atoms with E-state index in [-0.39, 0.29) is 30.1 Å². The Bertz CT molecular complexity index is 526. The van der Waals surface area contributed by atoms with Crippen LogP contribution in [0.1, 0.15) is 25.0 Å². The van der Waals surface area contributed by atoms with Crippen LogP contribution in [0.5, 0.6) is 0 Å². The number of aliphatic carboxylic acids is 2. The highest BCUT2D eigenvalue weighted by atomic mass is 16.4. The molecule has 20 heavy (non-hydrogen) atoms. The zero-order valence-electron chi connectivity index (χ0n) is 11.5. The first-order valence-corrected chi connectivity index (χ1v) is 6.25. The van der Waals surface area contributed by atoms with Gasteiger partial charge in [-0.25, -0.2) is 9.59 Å². The van der Waals surface area contributed by atoms with Crippen LogP contribution in [0.3, 0.4) is 0 Å². The molecule has 0 atom stereocenters. The van der Waals surface area contributed by atoms with E-state index in [1.54, 1.807) is 38.1 Å². The Morgan fingerprint density at radius 1 is 1.00 bits per heavy atom. The maximum Gasteiger partial charge on any atom is 0.332 e. The topological polar surface area (TPSA) is 94.8 Å². The van der Waals surface area contributed by atoms with E-state index >= 15 is 0 Å².